The Morgan fingerprint density at radius 2 is 2.41 bits per heavy atom. The second-order valence-corrected chi connectivity index (χ2v) is 4.12. The first kappa shape index (κ1) is 11.8. The molecule has 1 fully saturated rings. The standard InChI is InChI=1S/C10H17N5O2/c1-3-7-8(16)12-4-5-15(7)10-14-13-9(17-10)6(2)11/h6-7H,3-5,11H2,1-2H3,(H,12,16). The average molecular weight is 239 g/mol. The van der Waals surface area contributed by atoms with Crippen molar-refractivity contribution >= 4 is 11.9 Å². The topological polar surface area (TPSA) is 97.3 Å². The Morgan fingerprint density at radius 3 is 3.00 bits per heavy atom. The van der Waals surface area contributed by atoms with E-state index < -0.39 is 0 Å². The number of piperazine rings is 1. The molecule has 0 radical (unpaired) electrons. The van der Waals surface area contributed by atoms with Crippen molar-refractivity contribution in [1.82, 2.24) is 15.5 Å². The Kier molecular flexibility index (Phi) is 3.28. The van der Waals surface area contributed by atoms with Gasteiger partial charge in [-0.05, 0) is 13.3 Å². The van der Waals surface area contributed by atoms with Gasteiger partial charge in [-0.1, -0.05) is 12.0 Å². The maximum atomic E-state index is 11.7. The van der Waals surface area contributed by atoms with Gasteiger partial charge in [0, 0.05) is 13.1 Å². The van der Waals surface area contributed by atoms with Crippen LogP contribution in [-0.2, 0) is 4.79 Å². The predicted molar refractivity (Wildman–Crippen MR) is 61.3 cm³/mol. The molecule has 2 atom stereocenters. The Bertz CT molecular complexity index is 403. The maximum absolute atomic E-state index is 11.7. The fraction of sp³-hybridized carbons (Fsp3) is 0.700. The lowest BCUT2D eigenvalue weighted by atomic mass is 10.1. The van der Waals surface area contributed by atoms with Crippen molar-refractivity contribution in [2.75, 3.05) is 18.0 Å². The molecule has 1 saturated heterocycles. The van der Waals surface area contributed by atoms with Gasteiger partial charge in [0.2, 0.25) is 11.8 Å². The smallest absolute Gasteiger partial charge is 0.318 e. The summed E-state index contributed by atoms with van der Waals surface area (Å²) in [5.41, 5.74) is 5.66. The minimum Gasteiger partial charge on any atom is -0.406 e. The molecule has 7 heteroatoms. The van der Waals surface area contributed by atoms with E-state index in [0.717, 1.165) is 0 Å². The SMILES string of the molecule is CCC1C(=O)NCCN1c1nnc(C(C)N)o1. The van der Waals surface area contributed by atoms with Crippen LogP contribution in [-0.4, -0.2) is 35.2 Å². The Labute approximate surface area is 99.4 Å². The third-order valence-electron chi connectivity index (χ3n) is 2.78. The molecule has 1 aromatic heterocycles. The highest BCUT2D eigenvalue weighted by Crippen LogP contribution is 2.20. The molecular formula is C10H17N5O2. The number of hydrogen-bond donors (Lipinski definition) is 2. The molecule has 0 bridgehead atoms. The van der Waals surface area contributed by atoms with Crippen LogP contribution in [0, 0.1) is 0 Å². The molecule has 1 aliphatic rings. The summed E-state index contributed by atoms with van der Waals surface area (Å²) in [6, 6.07) is -0.168. The third-order valence-corrected chi connectivity index (χ3v) is 2.78. The summed E-state index contributed by atoms with van der Waals surface area (Å²) in [6.45, 7) is 4.99. The lowest BCUT2D eigenvalue weighted by Crippen LogP contribution is -2.55. The summed E-state index contributed by atoms with van der Waals surface area (Å²) < 4.78 is 5.46. The molecule has 0 aliphatic carbocycles. The van der Waals surface area contributed by atoms with E-state index in [4.69, 9.17) is 10.2 Å². The fourth-order valence-corrected chi connectivity index (χ4v) is 1.88. The van der Waals surface area contributed by atoms with Crippen LogP contribution in [0.4, 0.5) is 6.01 Å². The summed E-state index contributed by atoms with van der Waals surface area (Å²) in [7, 11) is 0. The molecule has 7 nitrogen and oxygen atoms in total. The van der Waals surface area contributed by atoms with E-state index >= 15 is 0 Å². The molecule has 1 aliphatic heterocycles. The van der Waals surface area contributed by atoms with Gasteiger partial charge in [0.05, 0.1) is 6.04 Å². The Hall–Kier alpha value is -1.63. The van der Waals surface area contributed by atoms with Crippen molar-refractivity contribution in [2.24, 2.45) is 5.73 Å². The van der Waals surface area contributed by atoms with E-state index in [9.17, 15) is 4.79 Å². The molecular weight excluding hydrogens is 222 g/mol. The zero-order valence-corrected chi connectivity index (χ0v) is 10.0. The number of nitrogens with two attached hydrogens (primary N) is 1. The van der Waals surface area contributed by atoms with Crippen molar-refractivity contribution in [1.29, 1.82) is 0 Å². The number of amides is 1. The number of nitrogens with one attached hydrogen (secondary N) is 1. The second kappa shape index (κ2) is 4.70. The van der Waals surface area contributed by atoms with Crippen molar-refractivity contribution < 1.29 is 9.21 Å². The van der Waals surface area contributed by atoms with Gasteiger partial charge in [-0.15, -0.1) is 5.10 Å². The zero-order chi connectivity index (χ0) is 12.4. The number of aromatic nitrogens is 2. The molecule has 94 valence electrons. The van der Waals surface area contributed by atoms with E-state index in [1.54, 1.807) is 6.92 Å². The summed E-state index contributed by atoms with van der Waals surface area (Å²) in [5, 5.41) is 10.6. The van der Waals surface area contributed by atoms with E-state index in [0.29, 0.717) is 31.4 Å². The average Bonchev–Trinajstić information content (AvgIpc) is 2.77. The zero-order valence-electron chi connectivity index (χ0n) is 10.0. The van der Waals surface area contributed by atoms with Gasteiger partial charge in [-0.3, -0.25) is 4.79 Å². The lowest BCUT2D eigenvalue weighted by molar-refractivity contribution is -0.123. The first-order valence-corrected chi connectivity index (χ1v) is 5.76. The molecule has 1 aromatic rings. The van der Waals surface area contributed by atoms with Crippen molar-refractivity contribution in [3.05, 3.63) is 5.89 Å². The van der Waals surface area contributed by atoms with Gasteiger partial charge < -0.3 is 20.4 Å². The largest absolute Gasteiger partial charge is 0.406 e. The molecule has 0 spiro atoms. The molecule has 2 unspecified atom stereocenters. The highest BCUT2D eigenvalue weighted by atomic mass is 16.4. The quantitative estimate of drug-likeness (QED) is 0.758. The first-order valence-electron chi connectivity index (χ1n) is 5.76. The minimum absolute atomic E-state index is 0.000651. The summed E-state index contributed by atoms with van der Waals surface area (Å²) in [5.74, 6) is 0.389. The highest BCUT2D eigenvalue weighted by molar-refractivity contribution is 5.85. The first-order chi connectivity index (χ1) is 8.13. The van der Waals surface area contributed by atoms with Gasteiger partial charge in [0.25, 0.3) is 0 Å². The third kappa shape index (κ3) is 2.23. The van der Waals surface area contributed by atoms with Gasteiger partial charge in [0.15, 0.2) is 0 Å². The Morgan fingerprint density at radius 1 is 1.65 bits per heavy atom. The maximum Gasteiger partial charge on any atom is 0.318 e. The lowest BCUT2D eigenvalue weighted by Gasteiger charge is -2.32. The number of hydrogen-bond acceptors (Lipinski definition) is 6. The van der Waals surface area contributed by atoms with Crippen LogP contribution in [0.2, 0.25) is 0 Å². The van der Waals surface area contributed by atoms with Crippen LogP contribution in [0.25, 0.3) is 0 Å². The van der Waals surface area contributed by atoms with Crippen molar-refractivity contribution in [3.8, 4) is 0 Å². The van der Waals surface area contributed by atoms with Crippen LogP contribution in [0.3, 0.4) is 0 Å². The van der Waals surface area contributed by atoms with Gasteiger partial charge in [-0.2, -0.15) is 0 Å². The predicted octanol–water partition coefficient (Wildman–Crippen LogP) is -0.196. The van der Waals surface area contributed by atoms with E-state index in [2.05, 4.69) is 15.5 Å². The summed E-state index contributed by atoms with van der Waals surface area (Å²) in [4.78, 5) is 13.5. The number of anilines is 1. The second-order valence-electron chi connectivity index (χ2n) is 4.12. The molecule has 0 aromatic carbocycles. The number of rotatable bonds is 3. The van der Waals surface area contributed by atoms with Crippen molar-refractivity contribution in [3.63, 3.8) is 0 Å². The number of carbonyl (C=O) groups is 1. The minimum atomic E-state index is -0.296. The van der Waals surface area contributed by atoms with E-state index in [1.807, 2.05) is 11.8 Å². The molecule has 3 N–H and O–H groups in total. The number of carbonyl (C=O) groups excluding carboxylic acids is 1. The van der Waals surface area contributed by atoms with Gasteiger partial charge in [0.1, 0.15) is 6.04 Å². The Balaban J connectivity index is 2.21. The molecule has 2 heterocycles. The van der Waals surface area contributed by atoms with Crippen molar-refractivity contribution in [2.45, 2.75) is 32.4 Å². The van der Waals surface area contributed by atoms with Gasteiger partial charge >= 0.3 is 6.01 Å². The van der Waals surface area contributed by atoms with Crippen LogP contribution >= 0.6 is 0 Å². The molecule has 2 rings (SSSR count). The fourth-order valence-electron chi connectivity index (χ4n) is 1.88. The van der Waals surface area contributed by atoms with E-state index in [1.165, 1.54) is 0 Å². The molecule has 0 saturated carbocycles. The highest BCUT2D eigenvalue weighted by Gasteiger charge is 2.31. The van der Waals surface area contributed by atoms with Gasteiger partial charge in [-0.25, -0.2) is 0 Å². The summed E-state index contributed by atoms with van der Waals surface area (Å²) >= 11 is 0. The van der Waals surface area contributed by atoms with Crippen LogP contribution < -0.4 is 16.0 Å². The van der Waals surface area contributed by atoms with Crippen LogP contribution in [0.1, 0.15) is 32.2 Å². The molecule has 17 heavy (non-hydrogen) atoms. The number of nitrogens with zero attached hydrogens (tertiary/aromatic N) is 3. The van der Waals surface area contributed by atoms with E-state index in [-0.39, 0.29) is 18.0 Å². The molecule has 1 amide bonds. The van der Waals surface area contributed by atoms with Crippen LogP contribution in [0.5, 0.6) is 0 Å². The summed E-state index contributed by atoms with van der Waals surface area (Å²) in [6.07, 6.45) is 0.696. The normalized spacial score (nSPS) is 22.4. The van der Waals surface area contributed by atoms with Crippen LogP contribution in [0.15, 0.2) is 4.42 Å². The monoisotopic (exact) mass is 239 g/mol.